The van der Waals surface area contributed by atoms with Crippen LogP contribution in [0.1, 0.15) is 52.5 Å². The Hall–Kier alpha value is -4.96. The molecule has 0 spiro atoms. The van der Waals surface area contributed by atoms with E-state index in [0.29, 0.717) is 46.3 Å². The number of aromatic carboxylic acids is 1. The van der Waals surface area contributed by atoms with Gasteiger partial charge in [-0.3, -0.25) is 0 Å². The number of carbonyl (C=O) groups is 2. The van der Waals surface area contributed by atoms with Crippen LogP contribution in [-0.4, -0.2) is 43.2 Å². The van der Waals surface area contributed by atoms with Crippen molar-refractivity contribution in [2.75, 3.05) is 21.0 Å². The summed E-state index contributed by atoms with van der Waals surface area (Å²) < 4.78 is 28.4. The number of thiophene rings is 1. The minimum Gasteiger partial charge on any atom is -0.497 e. The van der Waals surface area contributed by atoms with Crippen molar-refractivity contribution < 1.29 is 43.5 Å². The molecule has 1 aliphatic heterocycles. The van der Waals surface area contributed by atoms with Crippen LogP contribution in [0.4, 0.5) is 0 Å². The highest BCUT2D eigenvalue weighted by Gasteiger charge is 2.25. The summed E-state index contributed by atoms with van der Waals surface area (Å²) >= 11 is 1.47. The molecule has 0 atom stereocenters. The van der Waals surface area contributed by atoms with Crippen LogP contribution in [0.3, 0.4) is 0 Å². The van der Waals surface area contributed by atoms with Gasteiger partial charge in [0.2, 0.25) is 6.79 Å². The number of hydrogen-bond acceptors (Lipinski definition) is 8. The number of allylic oxidation sites excluding steroid dienone is 1. The monoisotopic (exact) mass is 630 g/mol. The fourth-order valence-electron chi connectivity index (χ4n) is 5.29. The van der Waals surface area contributed by atoms with Crippen molar-refractivity contribution in [2.45, 2.75) is 39.2 Å². The van der Waals surface area contributed by atoms with Gasteiger partial charge in [0.1, 0.15) is 23.9 Å². The molecular formula is C35H34O9S. The molecule has 0 fully saturated rings. The molecule has 234 valence electrons. The molecule has 2 heterocycles. The Kier molecular flexibility index (Phi) is 9.94. The lowest BCUT2D eigenvalue weighted by Gasteiger charge is -2.18. The van der Waals surface area contributed by atoms with Gasteiger partial charge in [-0.15, -0.1) is 11.3 Å². The molecule has 0 radical (unpaired) electrons. The van der Waals surface area contributed by atoms with Crippen molar-refractivity contribution >= 4 is 28.8 Å². The number of fused-ring (bicyclic) bond motifs is 1. The first-order chi connectivity index (χ1) is 21.8. The van der Waals surface area contributed by atoms with Crippen molar-refractivity contribution in [1.29, 1.82) is 0 Å². The first kappa shape index (κ1) is 31.5. The molecule has 9 nitrogen and oxygen atoms in total. The highest BCUT2D eigenvalue weighted by molar-refractivity contribution is 7.11. The molecule has 2 N–H and O–H groups in total. The lowest BCUT2D eigenvalue weighted by Crippen LogP contribution is -2.09. The molecule has 4 aromatic rings. The maximum absolute atomic E-state index is 12.9. The zero-order chi connectivity index (χ0) is 31.9. The van der Waals surface area contributed by atoms with E-state index in [1.165, 1.54) is 17.4 Å². The summed E-state index contributed by atoms with van der Waals surface area (Å²) in [4.78, 5) is 25.6. The van der Waals surface area contributed by atoms with Crippen LogP contribution < -0.4 is 23.7 Å². The van der Waals surface area contributed by atoms with Crippen molar-refractivity contribution in [3.63, 3.8) is 0 Å². The third-order valence-electron chi connectivity index (χ3n) is 7.59. The van der Waals surface area contributed by atoms with Crippen LogP contribution in [0.15, 0.2) is 71.6 Å². The number of carboxylic acid groups (broad SMARTS) is 2. The number of rotatable bonds is 14. The summed E-state index contributed by atoms with van der Waals surface area (Å²) in [6.07, 6.45) is 2.34. The fraction of sp³-hybridized carbons (Fsp3) is 0.257. The van der Waals surface area contributed by atoms with Gasteiger partial charge in [-0.1, -0.05) is 31.5 Å². The zero-order valence-corrected chi connectivity index (χ0v) is 26.1. The zero-order valence-electron chi connectivity index (χ0n) is 25.3. The Morgan fingerprint density at radius 1 is 0.889 bits per heavy atom. The molecule has 0 amide bonds. The summed E-state index contributed by atoms with van der Waals surface area (Å²) in [5, 5.41) is 22.2. The molecule has 0 bridgehead atoms. The topological polar surface area (TPSA) is 121 Å². The van der Waals surface area contributed by atoms with Crippen LogP contribution in [-0.2, 0) is 17.8 Å². The highest BCUT2D eigenvalue weighted by Crippen LogP contribution is 2.44. The van der Waals surface area contributed by atoms with Gasteiger partial charge in [0.25, 0.3) is 0 Å². The second-order valence-corrected chi connectivity index (χ2v) is 11.3. The molecule has 0 saturated carbocycles. The van der Waals surface area contributed by atoms with Crippen molar-refractivity contribution in [2.24, 2.45) is 0 Å². The SMILES string of the molecule is CCCCC(=C(Cc1cc2c(cc1OC)OCO2)C(=O)O)c1sccc1-c1ccc(OC)cc1OCc1ccccc1C(=O)O. The van der Waals surface area contributed by atoms with Gasteiger partial charge >= 0.3 is 11.9 Å². The van der Waals surface area contributed by atoms with Crippen LogP contribution in [0.2, 0.25) is 0 Å². The predicted octanol–water partition coefficient (Wildman–Crippen LogP) is 7.71. The standard InChI is InChI=1S/C35H34O9S/c1-4-5-9-26(28(35(38)39)15-22-16-31-32(44-20-43-31)18-29(22)41-3)33-27(13-14-45-33)25-12-11-23(40-2)17-30(25)42-19-21-8-6-7-10-24(21)34(36)37/h6-8,10-14,16-18H,4-5,9,15,19-20H2,1-3H3,(H,36,37)(H,38,39). The molecule has 10 heteroatoms. The Morgan fingerprint density at radius 3 is 2.38 bits per heavy atom. The van der Waals surface area contributed by atoms with Crippen molar-refractivity contribution in [3.05, 3.63) is 93.2 Å². The van der Waals surface area contributed by atoms with Gasteiger partial charge in [-0.25, -0.2) is 9.59 Å². The highest BCUT2D eigenvalue weighted by atomic mass is 32.1. The maximum Gasteiger partial charge on any atom is 0.336 e. The van der Waals surface area contributed by atoms with Crippen molar-refractivity contribution in [1.82, 2.24) is 0 Å². The van der Waals surface area contributed by atoms with E-state index in [1.807, 2.05) is 23.6 Å². The average molecular weight is 631 g/mol. The third-order valence-corrected chi connectivity index (χ3v) is 8.57. The number of ether oxygens (including phenoxy) is 5. The van der Waals surface area contributed by atoms with E-state index >= 15 is 0 Å². The molecular weight excluding hydrogens is 596 g/mol. The molecule has 1 aromatic heterocycles. The number of unbranched alkanes of at least 4 members (excludes halogenated alkanes) is 1. The van der Waals surface area contributed by atoms with Gasteiger partial charge < -0.3 is 33.9 Å². The Labute approximate surface area is 265 Å². The molecule has 1 aliphatic rings. The first-order valence-electron chi connectivity index (χ1n) is 14.5. The second kappa shape index (κ2) is 14.2. The Balaban J connectivity index is 1.59. The number of carboxylic acids is 2. The first-order valence-corrected chi connectivity index (χ1v) is 15.3. The second-order valence-electron chi connectivity index (χ2n) is 10.3. The van der Waals surface area contributed by atoms with E-state index in [1.54, 1.807) is 50.6 Å². The van der Waals surface area contributed by atoms with Crippen LogP contribution >= 0.6 is 11.3 Å². The summed E-state index contributed by atoms with van der Waals surface area (Å²) in [6.45, 7) is 2.18. The van der Waals surface area contributed by atoms with E-state index in [9.17, 15) is 19.8 Å². The van der Waals surface area contributed by atoms with E-state index in [4.69, 9.17) is 23.7 Å². The van der Waals surface area contributed by atoms with Crippen LogP contribution in [0.25, 0.3) is 16.7 Å². The summed E-state index contributed by atoms with van der Waals surface area (Å²) in [5.41, 5.74) is 3.90. The smallest absolute Gasteiger partial charge is 0.336 e. The quantitative estimate of drug-likeness (QED) is 0.135. The average Bonchev–Trinajstić information content (AvgIpc) is 3.72. The minimum absolute atomic E-state index is 0.0188. The van der Waals surface area contributed by atoms with Crippen molar-refractivity contribution in [3.8, 4) is 39.9 Å². The Bertz CT molecular complexity index is 1740. The molecule has 0 saturated heterocycles. The van der Waals surface area contributed by atoms with Gasteiger partial charge in [-0.2, -0.15) is 0 Å². The molecule has 5 rings (SSSR count). The summed E-state index contributed by atoms with van der Waals surface area (Å²) in [6, 6.07) is 17.6. The lowest BCUT2D eigenvalue weighted by atomic mass is 9.91. The van der Waals surface area contributed by atoms with E-state index in [-0.39, 0.29) is 31.0 Å². The number of benzene rings is 3. The fourth-order valence-corrected chi connectivity index (χ4v) is 6.30. The number of hydrogen-bond donors (Lipinski definition) is 2. The summed E-state index contributed by atoms with van der Waals surface area (Å²) in [5.74, 6) is 0.626. The van der Waals surface area contributed by atoms with Gasteiger partial charge in [0.15, 0.2) is 11.5 Å². The molecule has 0 unspecified atom stereocenters. The normalized spacial score (nSPS) is 12.4. The molecule has 3 aromatic carbocycles. The van der Waals surface area contributed by atoms with E-state index < -0.39 is 11.9 Å². The third kappa shape index (κ3) is 6.91. The van der Waals surface area contributed by atoms with E-state index in [0.717, 1.165) is 34.4 Å². The number of methoxy groups -OCH3 is 2. The van der Waals surface area contributed by atoms with Crippen LogP contribution in [0.5, 0.6) is 28.7 Å². The predicted molar refractivity (Wildman–Crippen MR) is 171 cm³/mol. The minimum atomic E-state index is -1.04. The van der Waals surface area contributed by atoms with Crippen LogP contribution in [0, 0.1) is 0 Å². The number of aliphatic carboxylic acids is 1. The van der Waals surface area contributed by atoms with Gasteiger partial charge in [-0.05, 0) is 54.1 Å². The molecule has 45 heavy (non-hydrogen) atoms. The lowest BCUT2D eigenvalue weighted by molar-refractivity contribution is -0.132. The van der Waals surface area contributed by atoms with Gasteiger partial charge in [0.05, 0.1) is 19.8 Å². The van der Waals surface area contributed by atoms with Gasteiger partial charge in [0, 0.05) is 51.3 Å². The molecule has 0 aliphatic carbocycles. The largest absolute Gasteiger partial charge is 0.497 e. The maximum atomic E-state index is 12.9. The summed E-state index contributed by atoms with van der Waals surface area (Å²) in [7, 11) is 3.10. The van der Waals surface area contributed by atoms with E-state index in [2.05, 4.69) is 6.92 Å². The Morgan fingerprint density at radius 2 is 1.67 bits per heavy atom.